The van der Waals surface area contributed by atoms with E-state index in [0.29, 0.717) is 19.3 Å². The SMILES string of the molecule is CCCCC/C=C\C/C=C\C/C=C\C/C=C\CCCCCC(=O)OC1C(OCC(NC(=O)C(O)CCCCCCCCCCCCCCCCCCCCCCCCCC)C(O)/C=C/CCCCCCCCCCC)OC(CO)C(O)C1O. The van der Waals surface area contributed by atoms with Crippen LogP contribution in [0.15, 0.2) is 60.8 Å². The van der Waals surface area contributed by atoms with Crippen LogP contribution in [0.2, 0.25) is 0 Å². The van der Waals surface area contributed by atoms with Gasteiger partial charge in [-0.05, 0) is 70.6 Å². The quantitative estimate of drug-likeness (QED) is 0.0195. The minimum absolute atomic E-state index is 0.0861. The van der Waals surface area contributed by atoms with Crippen molar-refractivity contribution in [3.63, 3.8) is 0 Å². The Morgan fingerprint density at radius 3 is 1.27 bits per heavy atom. The molecule has 8 unspecified atom stereocenters. The molecule has 484 valence electrons. The van der Waals surface area contributed by atoms with E-state index in [2.05, 4.69) is 74.7 Å². The summed E-state index contributed by atoms with van der Waals surface area (Å²) in [6.45, 7) is 5.78. The van der Waals surface area contributed by atoms with Crippen LogP contribution in [0.3, 0.4) is 0 Å². The molecule has 1 heterocycles. The number of nitrogens with one attached hydrogen (secondary N) is 1. The van der Waals surface area contributed by atoms with Crippen LogP contribution in [0.25, 0.3) is 0 Å². The van der Waals surface area contributed by atoms with Gasteiger partial charge in [-0.25, -0.2) is 0 Å². The second-order valence-corrected chi connectivity index (χ2v) is 24.3. The largest absolute Gasteiger partial charge is 0.454 e. The fourth-order valence-corrected chi connectivity index (χ4v) is 10.9. The maximum Gasteiger partial charge on any atom is 0.306 e. The number of ether oxygens (including phenoxy) is 3. The van der Waals surface area contributed by atoms with Crippen LogP contribution in [-0.2, 0) is 23.8 Å². The normalized spacial score (nSPS) is 18.9. The number of carbonyl (C=O) groups is 2. The molecular formula is C72H131NO10. The Balaban J connectivity index is 2.58. The topological polar surface area (TPSA) is 175 Å². The molecule has 0 aromatic rings. The van der Waals surface area contributed by atoms with Crippen LogP contribution < -0.4 is 5.32 Å². The van der Waals surface area contributed by atoms with Gasteiger partial charge in [-0.15, -0.1) is 0 Å². The van der Waals surface area contributed by atoms with E-state index < -0.39 is 67.4 Å². The highest BCUT2D eigenvalue weighted by molar-refractivity contribution is 5.80. The average Bonchev–Trinajstić information content (AvgIpc) is 3.69. The van der Waals surface area contributed by atoms with Crippen molar-refractivity contribution < 1.29 is 49.3 Å². The highest BCUT2D eigenvalue weighted by Gasteiger charge is 2.47. The second kappa shape index (κ2) is 59.7. The highest BCUT2D eigenvalue weighted by Crippen LogP contribution is 2.26. The van der Waals surface area contributed by atoms with Gasteiger partial charge in [-0.1, -0.05) is 306 Å². The molecule has 0 radical (unpaired) electrons. The van der Waals surface area contributed by atoms with E-state index in [1.807, 2.05) is 6.08 Å². The summed E-state index contributed by atoms with van der Waals surface area (Å²) in [4.78, 5) is 26.6. The molecule has 1 aliphatic heterocycles. The molecule has 11 nitrogen and oxygen atoms in total. The molecule has 0 spiro atoms. The van der Waals surface area contributed by atoms with E-state index in [4.69, 9.17) is 14.2 Å². The van der Waals surface area contributed by atoms with Gasteiger partial charge in [0.05, 0.1) is 25.4 Å². The summed E-state index contributed by atoms with van der Waals surface area (Å²) in [6.07, 6.45) is 65.6. The number of allylic oxidation sites excluding steroid dienone is 9. The van der Waals surface area contributed by atoms with Crippen LogP contribution in [0.1, 0.15) is 323 Å². The lowest BCUT2D eigenvalue weighted by Crippen LogP contribution is -2.61. The van der Waals surface area contributed by atoms with Crippen molar-refractivity contribution in [1.29, 1.82) is 0 Å². The van der Waals surface area contributed by atoms with E-state index in [9.17, 15) is 35.1 Å². The minimum Gasteiger partial charge on any atom is -0.454 e. The molecule has 1 saturated heterocycles. The van der Waals surface area contributed by atoms with Gasteiger partial charge in [0.25, 0.3) is 0 Å². The molecule has 8 atom stereocenters. The number of unbranched alkanes of at least 4 members (excludes halogenated alkanes) is 38. The maximum absolute atomic E-state index is 13.5. The molecule has 0 aromatic carbocycles. The number of aliphatic hydroxyl groups is 5. The molecule has 1 aliphatic rings. The molecule has 83 heavy (non-hydrogen) atoms. The Bertz CT molecular complexity index is 1580. The van der Waals surface area contributed by atoms with Gasteiger partial charge in [0.15, 0.2) is 12.4 Å². The molecule has 0 aliphatic carbocycles. The van der Waals surface area contributed by atoms with Crippen LogP contribution >= 0.6 is 0 Å². The molecule has 0 saturated carbocycles. The van der Waals surface area contributed by atoms with Gasteiger partial charge >= 0.3 is 5.97 Å². The summed E-state index contributed by atoms with van der Waals surface area (Å²) in [5.74, 6) is -1.22. The zero-order chi connectivity index (χ0) is 60.3. The van der Waals surface area contributed by atoms with Crippen LogP contribution in [0, 0.1) is 0 Å². The first-order valence-electron chi connectivity index (χ1n) is 35.1. The lowest BCUT2D eigenvalue weighted by atomic mass is 9.99. The van der Waals surface area contributed by atoms with Crippen molar-refractivity contribution in [1.82, 2.24) is 5.32 Å². The standard InChI is InChI=1S/C72H131NO10/c1-4-7-10-13-16-19-22-24-26-28-30-31-32-33-34-36-37-39-41-44-47-50-53-56-59-65(76)71(80)73-63(64(75)58-55-52-49-46-43-21-18-15-12-9-6-3)62-81-72-70(69(79)68(78)66(61-74)82-72)83-67(77)60-57-54-51-48-45-42-40-38-35-29-27-25-23-20-17-14-11-8-5-2/h17,20,25,27,35,38,42,45,55,58,63-66,68-70,72,74-76,78-79H,4-16,18-19,21-24,26,28-34,36-37,39-41,43-44,46-54,56-57,59-62H2,1-3H3,(H,73,80)/b20-17-,27-25-,38-35-,45-42-,58-55+. The molecule has 0 bridgehead atoms. The van der Waals surface area contributed by atoms with Gasteiger partial charge in [-0.3, -0.25) is 9.59 Å². The van der Waals surface area contributed by atoms with Crippen molar-refractivity contribution in [2.24, 2.45) is 0 Å². The predicted molar refractivity (Wildman–Crippen MR) is 347 cm³/mol. The lowest BCUT2D eigenvalue weighted by Gasteiger charge is -2.41. The number of amides is 1. The molecule has 0 aromatic heterocycles. The molecule has 11 heteroatoms. The Morgan fingerprint density at radius 2 is 0.831 bits per heavy atom. The molecule has 1 fully saturated rings. The van der Waals surface area contributed by atoms with E-state index in [1.165, 1.54) is 199 Å². The van der Waals surface area contributed by atoms with Gasteiger partial charge in [0, 0.05) is 6.42 Å². The third-order valence-corrected chi connectivity index (χ3v) is 16.4. The zero-order valence-corrected chi connectivity index (χ0v) is 53.8. The number of carbonyl (C=O) groups excluding carboxylic acids is 2. The smallest absolute Gasteiger partial charge is 0.306 e. The van der Waals surface area contributed by atoms with E-state index in [1.54, 1.807) is 6.08 Å². The van der Waals surface area contributed by atoms with E-state index >= 15 is 0 Å². The molecular weight excluding hydrogens is 1040 g/mol. The minimum atomic E-state index is -1.63. The zero-order valence-electron chi connectivity index (χ0n) is 53.8. The third-order valence-electron chi connectivity index (χ3n) is 16.4. The fraction of sp³-hybridized carbons (Fsp3) is 0.833. The monoisotopic (exact) mass is 1170 g/mol. The Labute approximate surface area is 509 Å². The number of hydrogen-bond donors (Lipinski definition) is 6. The van der Waals surface area contributed by atoms with E-state index in [-0.39, 0.29) is 13.0 Å². The summed E-state index contributed by atoms with van der Waals surface area (Å²) in [6, 6.07) is -1.03. The fourth-order valence-electron chi connectivity index (χ4n) is 10.9. The van der Waals surface area contributed by atoms with Gasteiger partial charge < -0.3 is 45.1 Å². The third kappa shape index (κ3) is 47.2. The van der Waals surface area contributed by atoms with Gasteiger partial charge in [0.1, 0.15) is 24.4 Å². The first-order valence-corrected chi connectivity index (χ1v) is 35.1. The number of hydrogen-bond acceptors (Lipinski definition) is 10. The van der Waals surface area contributed by atoms with Crippen LogP contribution in [0.5, 0.6) is 0 Å². The molecule has 6 N–H and O–H groups in total. The van der Waals surface area contributed by atoms with Crippen molar-refractivity contribution in [2.75, 3.05) is 13.2 Å². The van der Waals surface area contributed by atoms with Crippen molar-refractivity contribution in [3.8, 4) is 0 Å². The van der Waals surface area contributed by atoms with Crippen molar-refractivity contribution in [3.05, 3.63) is 60.8 Å². The van der Waals surface area contributed by atoms with Crippen LogP contribution in [0.4, 0.5) is 0 Å². The summed E-state index contributed by atoms with van der Waals surface area (Å²) in [5.41, 5.74) is 0. The first-order chi connectivity index (χ1) is 40.7. The summed E-state index contributed by atoms with van der Waals surface area (Å²) in [7, 11) is 0. The summed E-state index contributed by atoms with van der Waals surface area (Å²) in [5, 5.41) is 57.1. The van der Waals surface area contributed by atoms with Gasteiger partial charge in [0.2, 0.25) is 5.91 Å². The molecule has 1 rings (SSSR count). The highest BCUT2D eigenvalue weighted by atomic mass is 16.7. The predicted octanol–water partition coefficient (Wildman–Crippen LogP) is 17.7. The maximum atomic E-state index is 13.5. The summed E-state index contributed by atoms with van der Waals surface area (Å²) < 4.78 is 17.6. The summed E-state index contributed by atoms with van der Waals surface area (Å²) >= 11 is 0. The van der Waals surface area contributed by atoms with Crippen molar-refractivity contribution in [2.45, 2.75) is 372 Å². The van der Waals surface area contributed by atoms with Gasteiger partial charge in [-0.2, -0.15) is 0 Å². The number of esters is 1. The second-order valence-electron chi connectivity index (χ2n) is 24.3. The number of rotatable bonds is 60. The average molecular weight is 1170 g/mol. The van der Waals surface area contributed by atoms with Crippen LogP contribution in [-0.4, -0.2) is 99.6 Å². The first kappa shape index (κ1) is 78.4. The number of aliphatic hydroxyl groups excluding tert-OH is 5. The molecule has 1 amide bonds. The Kier molecular flexibility index (Phi) is 56.4. The van der Waals surface area contributed by atoms with Crippen molar-refractivity contribution >= 4 is 11.9 Å². The van der Waals surface area contributed by atoms with E-state index in [0.717, 1.165) is 77.0 Å². The lowest BCUT2D eigenvalue weighted by molar-refractivity contribution is -0.305. The Morgan fingerprint density at radius 1 is 0.470 bits per heavy atom. The Hall–Kier alpha value is -2.64.